The Labute approximate surface area is 204 Å². The molecule has 1 fully saturated rings. The number of carbonyl (C=O) groups excluding carboxylic acids is 2. The molecular weight excluding hydrogens is 442 g/mol. The molecule has 6 heteroatoms. The summed E-state index contributed by atoms with van der Waals surface area (Å²) in [7, 11) is 0. The quantitative estimate of drug-likeness (QED) is 0.317. The van der Waals surface area contributed by atoms with Crippen LogP contribution in [-0.2, 0) is 15.0 Å². The van der Waals surface area contributed by atoms with E-state index in [4.69, 9.17) is 9.47 Å². The summed E-state index contributed by atoms with van der Waals surface area (Å²) in [5, 5.41) is 11.3. The van der Waals surface area contributed by atoms with Crippen molar-refractivity contribution in [1.29, 1.82) is 0 Å². The molecule has 0 bridgehead atoms. The fourth-order valence-corrected chi connectivity index (χ4v) is 4.52. The highest BCUT2D eigenvalue weighted by Gasteiger charge is 2.47. The summed E-state index contributed by atoms with van der Waals surface area (Å²) in [5.41, 5.74) is 2.81. The first kappa shape index (κ1) is 22.7. The standard InChI is InChI=1S/C29H27NO5/c1-29(2,3)20-10-12-21(13-11-20)30-25(18-7-5-4-6-8-18)24(27(32)28(30)33)26(31)19-9-14-22-23(17-19)35-16-15-34-22/h4-14,17,25,31H,15-16H2,1-3H3/b26-24-. The van der Waals surface area contributed by atoms with Crippen LogP contribution in [0.2, 0.25) is 0 Å². The second-order valence-electron chi connectivity index (χ2n) is 9.74. The lowest BCUT2D eigenvalue weighted by Gasteiger charge is -2.27. The first-order chi connectivity index (χ1) is 16.8. The van der Waals surface area contributed by atoms with Crippen molar-refractivity contribution in [2.24, 2.45) is 0 Å². The van der Waals surface area contributed by atoms with Crippen molar-refractivity contribution in [1.82, 2.24) is 0 Å². The zero-order chi connectivity index (χ0) is 24.7. The zero-order valence-corrected chi connectivity index (χ0v) is 19.9. The van der Waals surface area contributed by atoms with E-state index in [-0.39, 0.29) is 16.7 Å². The van der Waals surface area contributed by atoms with Crippen LogP contribution in [0.4, 0.5) is 5.69 Å². The predicted molar refractivity (Wildman–Crippen MR) is 134 cm³/mol. The van der Waals surface area contributed by atoms with E-state index in [1.807, 2.05) is 54.6 Å². The maximum Gasteiger partial charge on any atom is 0.300 e. The summed E-state index contributed by atoms with van der Waals surface area (Å²) >= 11 is 0. The molecule has 0 aromatic heterocycles. The Morgan fingerprint density at radius 3 is 2.20 bits per heavy atom. The second kappa shape index (κ2) is 8.62. The predicted octanol–water partition coefficient (Wildman–Crippen LogP) is 5.38. The number of aliphatic hydroxyl groups is 1. The molecule has 0 spiro atoms. The molecule has 1 unspecified atom stereocenters. The summed E-state index contributed by atoms with van der Waals surface area (Å²) < 4.78 is 11.2. The fourth-order valence-electron chi connectivity index (χ4n) is 4.52. The lowest BCUT2D eigenvalue weighted by atomic mass is 9.87. The van der Waals surface area contributed by atoms with Crippen LogP contribution in [0.25, 0.3) is 5.76 Å². The van der Waals surface area contributed by atoms with Gasteiger partial charge in [-0.2, -0.15) is 0 Å². The molecule has 0 aliphatic carbocycles. The van der Waals surface area contributed by atoms with Crippen LogP contribution in [0.5, 0.6) is 11.5 Å². The fraction of sp³-hybridized carbons (Fsp3) is 0.241. The van der Waals surface area contributed by atoms with Gasteiger partial charge in [0.15, 0.2) is 11.5 Å². The van der Waals surface area contributed by atoms with Gasteiger partial charge in [-0.1, -0.05) is 63.2 Å². The van der Waals surface area contributed by atoms with Crippen molar-refractivity contribution >= 4 is 23.1 Å². The van der Waals surface area contributed by atoms with Gasteiger partial charge in [0.25, 0.3) is 11.7 Å². The van der Waals surface area contributed by atoms with Crippen LogP contribution in [0.15, 0.2) is 78.4 Å². The number of nitrogens with zero attached hydrogens (tertiary/aromatic N) is 1. The van der Waals surface area contributed by atoms with Crippen LogP contribution in [0.1, 0.15) is 43.5 Å². The number of hydrogen-bond donors (Lipinski definition) is 1. The summed E-state index contributed by atoms with van der Waals surface area (Å²) in [6, 6.07) is 21.1. The number of amides is 1. The third-order valence-electron chi connectivity index (χ3n) is 6.39. The molecule has 0 radical (unpaired) electrons. The van der Waals surface area contributed by atoms with E-state index in [1.54, 1.807) is 18.2 Å². The molecule has 2 aliphatic heterocycles. The maximum absolute atomic E-state index is 13.3. The van der Waals surface area contributed by atoms with E-state index in [0.29, 0.717) is 36.0 Å². The Balaban J connectivity index is 1.65. The van der Waals surface area contributed by atoms with Crippen molar-refractivity contribution in [2.75, 3.05) is 18.1 Å². The van der Waals surface area contributed by atoms with Crippen molar-refractivity contribution < 1.29 is 24.2 Å². The Morgan fingerprint density at radius 2 is 1.54 bits per heavy atom. The third kappa shape index (κ3) is 4.05. The number of carbonyl (C=O) groups is 2. The lowest BCUT2D eigenvalue weighted by Crippen LogP contribution is -2.29. The largest absolute Gasteiger partial charge is 0.507 e. The Morgan fingerprint density at radius 1 is 0.886 bits per heavy atom. The number of ketones is 1. The van der Waals surface area contributed by atoms with Crippen LogP contribution >= 0.6 is 0 Å². The molecule has 2 heterocycles. The van der Waals surface area contributed by atoms with E-state index >= 15 is 0 Å². The van der Waals surface area contributed by atoms with Crippen LogP contribution in [0.3, 0.4) is 0 Å². The number of fused-ring (bicyclic) bond motifs is 1. The first-order valence-corrected chi connectivity index (χ1v) is 11.6. The van der Waals surface area contributed by atoms with Crippen molar-refractivity contribution in [2.45, 2.75) is 32.2 Å². The maximum atomic E-state index is 13.3. The Hall–Kier alpha value is -4.06. The number of Topliss-reactive ketones (excluding diaryl/α,β-unsaturated/α-hetero) is 1. The molecule has 3 aromatic carbocycles. The van der Waals surface area contributed by atoms with E-state index < -0.39 is 17.7 Å². The van der Waals surface area contributed by atoms with Crippen LogP contribution in [-0.4, -0.2) is 30.0 Å². The number of aliphatic hydroxyl groups excluding tert-OH is 1. The Bertz CT molecular complexity index is 1320. The SMILES string of the molecule is CC(C)(C)c1ccc(N2C(=O)C(=O)/C(=C(\O)c3ccc4c(c3)OCCO4)C2c2ccccc2)cc1. The average molecular weight is 470 g/mol. The van der Waals surface area contributed by atoms with Gasteiger partial charge in [0, 0.05) is 11.3 Å². The molecule has 6 nitrogen and oxygen atoms in total. The summed E-state index contributed by atoms with van der Waals surface area (Å²) in [4.78, 5) is 28.1. The molecule has 1 saturated heterocycles. The number of benzene rings is 3. The topological polar surface area (TPSA) is 76.1 Å². The molecule has 2 aliphatic rings. The third-order valence-corrected chi connectivity index (χ3v) is 6.39. The highest BCUT2D eigenvalue weighted by atomic mass is 16.6. The minimum absolute atomic E-state index is 0.0396. The molecular formula is C29H27NO5. The lowest BCUT2D eigenvalue weighted by molar-refractivity contribution is -0.132. The number of rotatable bonds is 3. The first-order valence-electron chi connectivity index (χ1n) is 11.6. The molecule has 178 valence electrons. The van der Waals surface area contributed by atoms with Gasteiger partial charge in [-0.25, -0.2) is 0 Å². The Kier molecular flexibility index (Phi) is 5.59. The number of ether oxygens (including phenoxy) is 2. The van der Waals surface area contributed by atoms with Crippen molar-refractivity contribution in [3.63, 3.8) is 0 Å². The van der Waals surface area contributed by atoms with Gasteiger partial charge < -0.3 is 14.6 Å². The van der Waals surface area contributed by atoms with Gasteiger partial charge in [0.2, 0.25) is 0 Å². The van der Waals surface area contributed by atoms with E-state index in [1.165, 1.54) is 4.90 Å². The van der Waals surface area contributed by atoms with E-state index in [2.05, 4.69) is 20.8 Å². The minimum atomic E-state index is -0.773. The van der Waals surface area contributed by atoms with Gasteiger partial charge in [-0.05, 0) is 46.9 Å². The molecule has 1 atom stereocenters. The molecule has 35 heavy (non-hydrogen) atoms. The molecule has 1 amide bonds. The van der Waals surface area contributed by atoms with E-state index in [9.17, 15) is 14.7 Å². The van der Waals surface area contributed by atoms with E-state index in [0.717, 1.165) is 11.1 Å². The van der Waals surface area contributed by atoms with Crippen molar-refractivity contribution in [3.05, 3.63) is 95.1 Å². The van der Waals surface area contributed by atoms with Crippen LogP contribution < -0.4 is 14.4 Å². The zero-order valence-electron chi connectivity index (χ0n) is 19.9. The minimum Gasteiger partial charge on any atom is -0.507 e. The smallest absolute Gasteiger partial charge is 0.300 e. The number of hydrogen-bond acceptors (Lipinski definition) is 5. The normalized spacial score (nSPS) is 19.2. The van der Waals surface area contributed by atoms with Gasteiger partial charge in [0.05, 0.1) is 11.6 Å². The molecule has 5 rings (SSSR count). The average Bonchev–Trinajstić information content (AvgIpc) is 3.13. The monoisotopic (exact) mass is 469 g/mol. The highest BCUT2D eigenvalue weighted by molar-refractivity contribution is 6.51. The summed E-state index contributed by atoms with van der Waals surface area (Å²) in [6.07, 6.45) is 0. The highest BCUT2D eigenvalue weighted by Crippen LogP contribution is 2.43. The van der Waals surface area contributed by atoms with Crippen LogP contribution in [0, 0.1) is 0 Å². The van der Waals surface area contributed by atoms with Gasteiger partial charge in [-0.3, -0.25) is 14.5 Å². The molecule has 3 aromatic rings. The van der Waals surface area contributed by atoms with Gasteiger partial charge in [-0.15, -0.1) is 0 Å². The molecule has 0 saturated carbocycles. The summed E-state index contributed by atoms with van der Waals surface area (Å²) in [5.74, 6) is -0.592. The summed E-state index contributed by atoms with van der Waals surface area (Å²) in [6.45, 7) is 7.20. The van der Waals surface area contributed by atoms with Gasteiger partial charge >= 0.3 is 0 Å². The van der Waals surface area contributed by atoms with Gasteiger partial charge in [0.1, 0.15) is 19.0 Å². The van der Waals surface area contributed by atoms with Crippen molar-refractivity contribution in [3.8, 4) is 11.5 Å². The number of anilines is 1. The molecule has 1 N–H and O–H groups in total. The second-order valence-corrected chi connectivity index (χ2v) is 9.74.